The molecular weight excluding hydrogens is 327 g/mol. The highest BCUT2D eigenvalue weighted by Gasteiger charge is 2.32. The minimum atomic E-state index is -4.81. The van der Waals surface area contributed by atoms with Crippen LogP contribution in [0.3, 0.4) is 0 Å². The van der Waals surface area contributed by atoms with Gasteiger partial charge in [-0.3, -0.25) is 4.79 Å². The third-order valence-electron chi connectivity index (χ3n) is 2.80. The number of ether oxygens (including phenoxy) is 2. The number of para-hydroxylation sites is 1. The Labute approximate surface area is 135 Å². The first-order valence-electron chi connectivity index (χ1n) is 6.95. The zero-order valence-corrected chi connectivity index (χ0v) is 12.6. The second kappa shape index (κ2) is 7.62. The Kier molecular flexibility index (Phi) is 5.56. The first-order valence-corrected chi connectivity index (χ1v) is 6.95. The van der Waals surface area contributed by atoms with Gasteiger partial charge in [0.05, 0.1) is 6.61 Å². The molecule has 0 fully saturated rings. The van der Waals surface area contributed by atoms with Gasteiger partial charge in [0.15, 0.2) is 0 Å². The van der Waals surface area contributed by atoms with Gasteiger partial charge in [-0.05, 0) is 13.0 Å². The average Bonchev–Trinajstić information content (AvgIpc) is 2.53. The van der Waals surface area contributed by atoms with Crippen LogP contribution in [0.4, 0.5) is 13.2 Å². The van der Waals surface area contributed by atoms with Gasteiger partial charge in [-0.15, -0.1) is 13.2 Å². The molecular formula is C15H14F3N3O3. The van der Waals surface area contributed by atoms with Crippen molar-refractivity contribution in [2.75, 3.05) is 6.61 Å². The van der Waals surface area contributed by atoms with Crippen LogP contribution in [0.5, 0.6) is 11.6 Å². The largest absolute Gasteiger partial charge is 0.573 e. The van der Waals surface area contributed by atoms with Gasteiger partial charge >= 0.3 is 6.36 Å². The summed E-state index contributed by atoms with van der Waals surface area (Å²) in [5, 5.41) is 2.48. The van der Waals surface area contributed by atoms with E-state index in [2.05, 4.69) is 20.0 Å². The second-order valence-electron chi connectivity index (χ2n) is 4.51. The molecule has 24 heavy (non-hydrogen) atoms. The van der Waals surface area contributed by atoms with Crippen LogP contribution < -0.4 is 14.8 Å². The molecule has 0 unspecified atom stereocenters. The number of nitrogens with zero attached hydrogens (tertiary/aromatic N) is 2. The summed E-state index contributed by atoms with van der Waals surface area (Å²) in [6.45, 7) is 1.98. The van der Waals surface area contributed by atoms with Gasteiger partial charge < -0.3 is 14.8 Å². The molecule has 0 aliphatic carbocycles. The van der Waals surface area contributed by atoms with E-state index >= 15 is 0 Å². The summed E-state index contributed by atoms with van der Waals surface area (Å²) >= 11 is 0. The van der Waals surface area contributed by atoms with E-state index in [9.17, 15) is 18.0 Å². The van der Waals surface area contributed by atoms with E-state index < -0.39 is 12.3 Å². The SMILES string of the molecule is CCOc1cc(C(=O)NCc2ccccc2OC(F)(F)F)ncn1. The number of halogens is 3. The molecule has 1 aromatic heterocycles. The number of nitrogens with one attached hydrogen (secondary N) is 1. The lowest BCUT2D eigenvalue weighted by Gasteiger charge is -2.13. The molecule has 0 atom stereocenters. The first-order chi connectivity index (χ1) is 11.4. The van der Waals surface area contributed by atoms with Crippen LogP contribution in [0.15, 0.2) is 36.7 Å². The molecule has 0 saturated heterocycles. The van der Waals surface area contributed by atoms with E-state index in [0.717, 1.165) is 0 Å². The fourth-order valence-corrected chi connectivity index (χ4v) is 1.83. The van der Waals surface area contributed by atoms with E-state index in [0.29, 0.717) is 6.61 Å². The van der Waals surface area contributed by atoms with Gasteiger partial charge in [-0.1, -0.05) is 18.2 Å². The number of rotatable bonds is 6. The van der Waals surface area contributed by atoms with Crippen molar-refractivity contribution in [2.24, 2.45) is 0 Å². The van der Waals surface area contributed by atoms with Gasteiger partial charge in [-0.25, -0.2) is 9.97 Å². The van der Waals surface area contributed by atoms with Crippen molar-refractivity contribution >= 4 is 5.91 Å². The first kappa shape index (κ1) is 17.5. The molecule has 0 aliphatic rings. The van der Waals surface area contributed by atoms with Crippen LogP contribution in [0.25, 0.3) is 0 Å². The van der Waals surface area contributed by atoms with Crippen molar-refractivity contribution in [1.29, 1.82) is 0 Å². The Morgan fingerprint density at radius 2 is 2.00 bits per heavy atom. The Morgan fingerprint density at radius 3 is 2.71 bits per heavy atom. The number of amides is 1. The molecule has 0 saturated carbocycles. The highest BCUT2D eigenvalue weighted by Crippen LogP contribution is 2.26. The van der Waals surface area contributed by atoms with Crippen LogP contribution in [-0.2, 0) is 6.54 Å². The predicted molar refractivity (Wildman–Crippen MR) is 77.5 cm³/mol. The Hall–Kier alpha value is -2.84. The molecule has 0 radical (unpaired) electrons. The second-order valence-corrected chi connectivity index (χ2v) is 4.51. The molecule has 0 bridgehead atoms. The number of alkyl halides is 3. The Morgan fingerprint density at radius 1 is 1.25 bits per heavy atom. The van der Waals surface area contributed by atoms with Gasteiger partial charge in [0, 0.05) is 18.2 Å². The minimum absolute atomic E-state index is 0.0441. The highest BCUT2D eigenvalue weighted by atomic mass is 19.4. The van der Waals surface area contributed by atoms with Crippen molar-refractivity contribution in [3.8, 4) is 11.6 Å². The summed E-state index contributed by atoms with van der Waals surface area (Å²) in [5.41, 5.74) is 0.227. The lowest BCUT2D eigenvalue weighted by Crippen LogP contribution is -2.25. The molecule has 1 N–H and O–H groups in total. The predicted octanol–water partition coefficient (Wildman–Crippen LogP) is 2.70. The van der Waals surface area contributed by atoms with Crippen molar-refractivity contribution < 1.29 is 27.4 Å². The van der Waals surface area contributed by atoms with E-state index in [1.165, 1.54) is 30.6 Å². The summed E-state index contributed by atoms with van der Waals surface area (Å²) in [6.07, 6.45) is -3.64. The topological polar surface area (TPSA) is 73.3 Å². The van der Waals surface area contributed by atoms with Gasteiger partial charge in [-0.2, -0.15) is 0 Å². The highest BCUT2D eigenvalue weighted by molar-refractivity contribution is 5.92. The zero-order valence-electron chi connectivity index (χ0n) is 12.6. The van der Waals surface area contributed by atoms with Crippen LogP contribution in [0.2, 0.25) is 0 Å². The summed E-state index contributed by atoms with van der Waals surface area (Å²) in [5.74, 6) is -0.707. The lowest BCUT2D eigenvalue weighted by molar-refractivity contribution is -0.274. The third-order valence-corrected chi connectivity index (χ3v) is 2.80. The molecule has 6 nitrogen and oxygen atoms in total. The van der Waals surface area contributed by atoms with Crippen LogP contribution in [-0.4, -0.2) is 28.8 Å². The molecule has 9 heteroatoms. The number of hydrogen-bond donors (Lipinski definition) is 1. The van der Waals surface area contributed by atoms with E-state index in [4.69, 9.17) is 4.74 Å². The molecule has 2 rings (SSSR count). The lowest BCUT2D eigenvalue weighted by atomic mass is 10.2. The van der Waals surface area contributed by atoms with Crippen molar-refractivity contribution in [1.82, 2.24) is 15.3 Å². The minimum Gasteiger partial charge on any atom is -0.478 e. The Balaban J connectivity index is 2.05. The quantitative estimate of drug-likeness (QED) is 0.874. The van der Waals surface area contributed by atoms with Crippen molar-refractivity contribution in [3.63, 3.8) is 0 Å². The van der Waals surface area contributed by atoms with Gasteiger partial charge in [0.2, 0.25) is 5.88 Å². The van der Waals surface area contributed by atoms with Crippen LogP contribution in [0.1, 0.15) is 23.0 Å². The molecule has 0 spiro atoms. The number of hydrogen-bond acceptors (Lipinski definition) is 5. The Bertz CT molecular complexity index is 708. The number of aromatic nitrogens is 2. The maximum absolute atomic E-state index is 12.4. The molecule has 1 amide bonds. The third kappa shape index (κ3) is 5.11. The summed E-state index contributed by atoms with van der Waals surface area (Å²) in [7, 11) is 0. The zero-order chi connectivity index (χ0) is 17.6. The van der Waals surface area contributed by atoms with E-state index in [-0.39, 0.29) is 29.4 Å². The fraction of sp³-hybridized carbons (Fsp3) is 0.267. The standard InChI is InChI=1S/C15H14F3N3O3/c1-2-23-13-7-11(20-9-21-13)14(22)19-8-10-5-3-4-6-12(10)24-15(16,17)18/h3-7,9H,2,8H2,1H3,(H,19,22). The van der Waals surface area contributed by atoms with E-state index in [1.807, 2.05) is 0 Å². The van der Waals surface area contributed by atoms with Crippen molar-refractivity contribution in [2.45, 2.75) is 19.8 Å². The fourth-order valence-electron chi connectivity index (χ4n) is 1.83. The molecule has 128 valence electrons. The van der Waals surface area contributed by atoms with Crippen molar-refractivity contribution in [3.05, 3.63) is 47.9 Å². The normalized spacial score (nSPS) is 11.0. The number of carbonyl (C=O) groups is 1. The average molecular weight is 341 g/mol. The molecule has 0 aliphatic heterocycles. The van der Waals surface area contributed by atoms with Gasteiger partial charge in [0.1, 0.15) is 17.8 Å². The maximum atomic E-state index is 12.4. The molecule has 1 aromatic carbocycles. The van der Waals surface area contributed by atoms with Gasteiger partial charge in [0.25, 0.3) is 5.91 Å². The van der Waals surface area contributed by atoms with E-state index in [1.54, 1.807) is 13.0 Å². The molecule has 2 aromatic rings. The molecule has 1 heterocycles. The monoisotopic (exact) mass is 341 g/mol. The smallest absolute Gasteiger partial charge is 0.478 e. The summed E-state index contributed by atoms with van der Waals surface area (Å²) in [4.78, 5) is 19.7. The van der Waals surface area contributed by atoms with Crippen LogP contribution in [0, 0.1) is 0 Å². The van der Waals surface area contributed by atoms with Crippen LogP contribution >= 0.6 is 0 Å². The summed E-state index contributed by atoms with van der Waals surface area (Å²) < 4.78 is 46.2. The maximum Gasteiger partial charge on any atom is 0.573 e. The number of benzene rings is 1. The number of carbonyl (C=O) groups excluding carboxylic acids is 1. The summed E-state index contributed by atoms with van der Waals surface area (Å²) in [6, 6.07) is 6.89.